The van der Waals surface area contributed by atoms with Crippen molar-refractivity contribution in [3.8, 4) is 11.3 Å². The summed E-state index contributed by atoms with van der Waals surface area (Å²) < 4.78 is 0. The Morgan fingerprint density at radius 3 is 2.52 bits per heavy atom. The number of amides is 2. The van der Waals surface area contributed by atoms with Gasteiger partial charge in [-0.1, -0.05) is 30.3 Å². The Morgan fingerprint density at radius 1 is 1.15 bits per heavy atom. The number of thiazole rings is 1. The molecule has 0 radical (unpaired) electrons. The van der Waals surface area contributed by atoms with Crippen molar-refractivity contribution in [2.45, 2.75) is 25.8 Å². The van der Waals surface area contributed by atoms with Crippen molar-refractivity contribution in [2.24, 2.45) is 0 Å². The number of aryl methyl sites for hydroxylation is 1. The number of aromatic nitrogens is 1. The van der Waals surface area contributed by atoms with Gasteiger partial charge in [0.05, 0.1) is 17.2 Å². The smallest absolute Gasteiger partial charge is 0.266 e. The van der Waals surface area contributed by atoms with Gasteiger partial charge in [-0.2, -0.15) is 0 Å². The minimum absolute atomic E-state index is 0.0431. The van der Waals surface area contributed by atoms with E-state index in [-0.39, 0.29) is 11.8 Å². The van der Waals surface area contributed by atoms with E-state index in [9.17, 15) is 9.59 Å². The molecule has 1 saturated carbocycles. The summed E-state index contributed by atoms with van der Waals surface area (Å²) in [4.78, 5) is 34.4. The Kier molecular flexibility index (Phi) is 5.22. The topological polar surface area (TPSA) is 65.5 Å². The lowest BCUT2D eigenvalue weighted by atomic mass is 10.1. The highest BCUT2D eigenvalue weighted by Crippen LogP contribution is 2.29. The molecule has 2 aromatic rings. The largest absolute Gasteiger partial charge is 0.352 e. The third-order valence-corrected chi connectivity index (χ3v) is 5.90. The first kappa shape index (κ1) is 18.1. The molecule has 1 N–H and O–H groups in total. The van der Waals surface area contributed by atoms with Crippen molar-refractivity contribution in [3.63, 3.8) is 0 Å². The number of hydrogen-bond acceptors (Lipinski definition) is 5. The van der Waals surface area contributed by atoms with E-state index in [1.165, 1.54) is 11.3 Å². The molecule has 2 aliphatic rings. The molecule has 0 atom stereocenters. The van der Waals surface area contributed by atoms with E-state index in [1.807, 2.05) is 42.2 Å². The fourth-order valence-electron chi connectivity index (χ4n) is 3.32. The summed E-state index contributed by atoms with van der Waals surface area (Å²) in [6, 6.07) is 10.3. The highest BCUT2D eigenvalue weighted by Gasteiger charge is 2.28. The van der Waals surface area contributed by atoms with Gasteiger partial charge in [0.2, 0.25) is 5.91 Å². The fraction of sp³-hybridized carbons (Fsp3) is 0.450. The van der Waals surface area contributed by atoms with Crippen LogP contribution in [0.15, 0.2) is 30.3 Å². The number of nitrogens with zero attached hydrogens (tertiary/aromatic N) is 3. The molecular weight excluding hydrogens is 360 g/mol. The van der Waals surface area contributed by atoms with Crippen molar-refractivity contribution in [3.05, 3.63) is 40.2 Å². The van der Waals surface area contributed by atoms with Crippen molar-refractivity contribution < 1.29 is 9.59 Å². The first-order chi connectivity index (χ1) is 13.1. The van der Waals surface area contributed by atoms with Crippen LogP contribution < -0.4 is 5.32 Å². The van der Waals surface area contributed by atoms with Crippen LogP contribution in [0.25, 0.3) is 11.3 Å². The molecular formula is C20H24N4O2S. The van der Waals surface area contributed by atoms with Gasteiger partial charge in [-0.3, -0.25) is 14.5 Å². The molecule has 1 saturated heterocycles. The molecule has 2 fully saturated rings. The summed E-state index contributed by atoms with van der Waals surface area (Å²) in [6.45, 7) is 5.09. The first-order valence-corrected chi connectivity index (χ1v) is 10.3. The Balaban J connectivity index is 1.39. The summed E-state index contributed by atoms with van der Waals surface area (Å²) in [7, 11) is 0. The lowest BCUT2D eigenvalue weighted by Gasteiger charge is -2.34. The van der Waals surface area contributed by atoms with Crippen molar-refractivity contribution in [2.75, 3.05) is 32.7 Å². The molecule has 1 aromatic carbocycles. The second kappa shape index (κ2) is 7.78. The lowest BCUT2D eigenvalue weighted by molar-refractivity contribution is -0.122. The van der Waals surface area contributed by atoms with E-state index in [0.29, 0.717) is 30.6 Å². The van der Waals surface area contributed by atoms with E-state index < -0.39 is 0 Å². The monoisotopic (exact) mass is 384 g/mol. The van der Waals surface area contributed by atoms with Crippen LogP contribution in [0.3, 0.4) is 0 Å². The van der Waals surface area contributed by atoms with E-state index >= 15 is 0 Å². The van der Waals surface area contributed by atoms with Gasteiger partial charge in [0, 0.05) is 37.8 Å². The number of hydrogen-bond donors (Lipinski definition) is 1. The van der Waals surface area contributed by atoms with Gasteiger partial charge in [0.15, 0.2) is 0 Å². The van der Waals surface area contributed by atoms with Gasteiger partial charge < -0.3 is 10.2 Å². The summed E-state index contributed by atoms with van der Waals surface area (Å²) in [5.41, 5.74) is 1.75. The molecule has 0 unspecified atom stereocenters. The second-order valence-corrected chi connectivity index (χ2v) is 8.39. The highest BCUT2D eigenvalue weighted by atomic mass is 32.1. The number of carbonyl (C=O) groups is 2. The molecule has 0 bridgehead atoms. The van der Waals surface area contributed by atoms with Crippen LogP contribution in [0.5, 0.6) is 0 Å². The average Bonchev–Trinajstić information content (AvgIpc) is 3.40. The molecule has 27 heavy (non-hydrogen) atoms. The zero-order valence-electron chi connectivity index (χ0n) is 15.5. The van der Waals surface area contributed by atoms with Gasteiger partial charge in [-0.05, 0) is 19.8 Å². The molecule has 1 aliphatic heterocycles. The third kappa shape index (κ3) is 4.36. The van der Waals surface area contributed by atoms with Crippen LogP contribution in [-0.2, 0) is 4.79 Å². The molecule has 2 heterocycles. The summed E-state index contributed by atoms with van der Waals surface area (Å²) in [5, 5.41) is 3.92. The molecule has 0 spiro atoms. The van der Waals surface area contributed by atoms with Crippen LogP contribution in [0.4, 0.5) is 0 Å². The van der Waals surface area contributed by atoms with E-state index in [1.54, 1.807) is 0 Å². The zero-order valence-corrected chi connectivity index (χ0v) is 16.3. The molecule has 1 aliphatic carbocycles. The second-order valence-electron chi connectivity index (χ2n) is 7.19. The third-order valence-electron chi connectivity index (χ3n) is 4.94. The predicted molar refractivity (Wildman–Crippen MR) is 106 cm³/mol. The van der Waals surface area contributed by atoms with E-state index in [4.69, 9.17) is 0 Å². The van der Waals surface area contributed by atoms with Gasteiger partial charge in [-0.25, -0.2) is 4.98 Å². The molecule has 2 amide bonds. The van der Waals surface area contributed by atoms with Crippen molar-refractivity contribution >= 4 is 23.2 Å². The SMILES string of the molecule is Cc1nc(-c2ccccc2)c(C(=O)N2CCN(CC(=O)NC3CC3)CC2)s1. The predicted octanol–water partition coefficient (Wildman–Crippen LogP) is 2.15. The Hall–Kier alpha value is -2.25. The summed E-state index contributed by atoms with van der Waals surface area (Å²) in [5.74, 6) is 0.142. The minimum atomic E-state index is 0.0431. The maximum absolute atomic E-state index is 13.1. The summed E-state index contributed by atoms with van der Waals surface area (Å²) in [6.07, 6.45) is 2.21. The fourth-order valence-corrected chi connectivity index (χ4v) is 4.23. The number of rotatable bonds is 5. The number of carbonyl (C=O) groups excluding carboxylic acids is 2. The Labute approximate surface area is 163 Å². The zero-order chi connectivity index (χ0) is 18.8. The van der Waals surface area contributed by atoms with Gasteiger partial charge in [0.25, 0.3) is 5.91 Å². The minimum Gasteiger partial charge on any atom is -0.352 e. The van der Waals surface area contributed by atoms with Crippen LogP contribution in [-0.4, -0.2) is 65.4 Å². The molecule has 6 nitrogen and oxygen atoms in total. The maximum Gasteiger partial charge on any atom is 0.266 e. The standard InChI is InChI=1S/C20H24N4O2S/c1-14-21-18(15-5-3-2-4-6-15)19(27-14)20(26)24-11-9-23(10-12-24)13-17(25)22-16-7-8-16/h2-6,16H,7-13H2,1H3,(H,22,25). The number of piperazine rings is 1. The van der Waals surface area contributed by atoms with Gasteiger partial charge in [-0.15, -0.1) is 11.3 Å². The maximum atomic E-state index is 13.1. The van der Waals surface area contributed by atoms with Crippen molar-refractivity contribution in [1.29, 1.82) is 0 Å². The normalized spacial score (nSPS) is 17.7. The quantitative estimate of drug-likeness (QED) is 0.858. The van der Waals surface area contributed by atoms with E-state index in [2.05, 4.69) is 15.2 Å². The molecule has 4 rings (SSSR count). The van der Waals surface area contributed by atoms with Crippen LogP contribution in [0.2, 0.25) is 0 Å². The molecule has 142 valence electrons. The lowest BCUT2D eigenvalue weighted by Crippen LogP contribution is -2.51. The average molecular weight is 385 g/mol. The Morgan fingerprint density at radius 2 is 1.85 bits per heavy atom. The highest BCUT2D eigenvalue weighted by molar-refractivity contribution is 7.14. The van der Waals surface area contributed by atoms with Gasteiger partial charge >= 0.3 is 0 Å². The number of nitrogens with one attached hydrogen (secondary N) is 1. The van der Waals surface area contributed by atoms with E-state index in [0.717, 1.165) is 42.2 Å². The van der Waals surface area contributed by atoms with Gasteiger partial charge in [0.1, 0.15) is 4.88 Å². The van der Waals surface area contributed by atoms with Crippen LogP contribution in [0, 0.1) is 6.92 Å². The summed E-state index contributed by atoms with van der Waals surface area (Å²) >= 11 is 1.46. The molecule has 1 aromatic heterocycles. The van der Waals surface area contributed by atoms with Crippen LogP contribution in [0.1, 0.15) is 27.5 Å². The first-order valence-electron chi connectivity index (χ1n) is 9.44. The molecule has 7 heteroatoms. The van der Waals surface area contributed by atoms with Crippen molar-refractivity contribution in [1.82, 2.24) is 20.1 Å². The number of benzene rings is 1. The Bertz CT molecular complexity index is 824. The van der Waals surface area contributed by atoms with Crippen LogP contribution >= 0.6 is 11.3 Å².